The van der Waals surface area contributed by atoms with E-state index < -0.39 is 0 Å². The minimum atomic E-state index is -0.336. The highest BCUT2D eigenvalue weighted by Gasteiger charge is 2.38. The highest BCUT2D eigenvalue weighted by Crippen LogP contribution is 2.47. The number of nitrogens with two attached hydrogens (primary N) is 1. The van der Waals surface area contributed by atoms with Crippen molar-refractivity contribution in [1.29, 1.82) is 0 Å². The van der Waals surface area contributed by atoms with Gasteiger partial charge in [-0.3, -0.25) is 4.79 Å². The lowest BCUT2D eigenvalue weighted by atomic mass is 9.87. The Balaban J connectivity index is 1.48. The highest BCUT2D eigenvalue weighted by atomic mass is 16.5. The highest BCUT2D eigenvalue weighted by molar-refractivity contribution is 6.03. The first-order valence-electron chi connectivity index (χ1n) is 12.3. The van der Waals surface area contributed by atoms with E-state index in [4.69, 9.17) is 10.5 Å². The second-order valence-electron chi connectivity index (χ2n) is 9.50. The van der Waals surface area contributed by atoms with Crippen molar-refractivity contribution in [3.8, 4) is 22.9 Å². The van der Waals surface area contributed by atoms with E-state index in [1.165, 1.54) is 12.4 Å². The van der Waals surface area contributed by atoms with Crippen LogP contribution in [0.3, 0.4) is 0 Å². The molecule has 0 spiro atoms. The summed E-state index contributed by atoms with van der Waals surface area (Å²) >= 11 is 0. The standard InChI is InChI=1S/C27H27N7O3/c1-2-21(36)33-11-8-17(14-33)24-22(16-4-6-20(7-5-16)37-27-29-9-3-10-30-27)23-25(28)31-15-32-26(23)34(24)18-12-19(35)13-18/h2-7,9-10,15,17-19,35H,1,8,11-14H2,(H2,28,31,32). The maximum Gasteiger partial charge on any atom is 0.321 e. The number of ether oxygens (including phenoxy) is 1. The zero-order chi connectivity index (χ0) is 25.5. The van der Waals surface area contributed by atoms with Crippen LogP contribution in [-0.2, 0) is 4.79 Å². The summed E-state index contributed by atoms with van der Waals surface area (Å²) in [7, 11) is 0. The lowest BCUT2D eigenvalue weighted by Gasteiger charge is -2.35. The Bertz CT molecular complexity index is 1460. The van der Waals surface area contributed by atoms with Crippen LogP contribution >= 0.6 is 0 Å². The minimum absolute atomic E-state index is 0.0684. The van der Waals surface area contributed by atoms with Crippen molar-refractivity contribution in [1.82, 2.24) is 29.4 Å². The summed E-state index contributed by atoms with van der Waals surface area (Å²) in [6.07, 6.45) is 7.85. The summed E-state index contributed by atoms with van der Waals surface area (Å²) in [5, 5.41) is 10.9. The zero-order valence-electron chi connectivity index (χ0n) is 20.2. The molecule has 0 bridgehead atoms. The van der Waals surface area contributed by atoms with Crippen LogP contribution in [0.2, 0.25) is 0 Å². The van der Waals surface area contributed by atoms with Crippen LogP contribution in [0.1, 0.15) is 36.9 Å². The number of carbonyl (C=O) groups is 1. The smallest absolute Gasteiger partial charge is 0.321 e. The molecule has 0 radical (unpaired) electrons. The van der Waals surface area contributed by atoms with Crippen LogP contribution in [0.4, 0.5) is 5.82 Å². The Morgan fingerprint density at radius 3 is 2.59 bits per heavy atom. The van der Waals surface area contributed by atoms with E-state index in [-0.39, 0.29) is 30.0 Å². The fourth-order valence-electron chi connectivity index (χ4n) is 5.45. The number of hydrogen-bond acceptors (Lipinski definition) is 8. The number of hydrogen-bond donors (Lipinski definition) is 2. The van der Waals surface area contributed by atoms with Gasteiger partial charge in [-0.15, -0.1) is 0 Å². The number of fused-ring (bicyclic) bond motifs is 1. The van der Waals surface area contributed by atoms with E-state index in [2.05, 4.69) is 31.1 Å². The molecule has 3 N–H and O–H groups in total. The lowest BCUT2D eigenvalue weighted by molar-refractivity contribution is -0.125. The third kappa shape index (κ3) is 4.09. The van der Waals surface area contributed by atoms with Crippen molar-refractivity contribution in [2.75, 3.05) is 18.8 Å². The molecule has 2 aliphatic rings. The molecule has 4 aromatic rings. The van der Waals surface area contributed by atoms with E-state index in [0.717, 1.165) is 34.3 Å². The average Bonchev–Trinajstić information content (AvgIpc) is 3.51. The molecule has 37 heavy (non-hydrogen) atoms. The Kier molecular flexibility index (Phi) is 5.80. The largest absolute Gasteiger partial charge is 0.424 e. The second kappa shape index (κ2) is 9.29. The number of anilines is 1. The van der Waals surface area contributed by atoms with Crippen LogP contribution in [0.15, 0.2) is 61.7 Å². The minimum Gasteiger partial charge on any atom is -0.424 e. The first-order chi connectivity index (χ1) is 18.0. The van der Waals surface area contributed by atoms with Crippen LogP contribution in [0, 0.1) is 0 Å². The molecule has 1 saturated carbocycles. The molecule has 4 heterocycles. The molecule has 1 aliphatic carbocycles. The molecule has 1 aliphatic heterocycles. The van der Waals surface area contributed by atoms with Gasteiger partial charge in [0.25, 0.3) is 0 Å². The number of likely N-dealkylation sites (tertiary alicyclic amines) is 1. The van der Waals surface area contributed by atoms with Gasteiger partial charge in [0.15, 0.2) is 0 Å². The van der Waals surface area contributed by atoms with Crippen molar-refractivity contribution >= 4 is 22.8 Å². The molecule has 3 aromatic heterocycles. The molecule has 1 amide bonds. The van der Waals surface area contributed by atoms with Gasteiger partial charge >= 0.3 is 6.01 Å². The number of rotatable bonds is 6. The maximum absolute atomic E-state index is 12.4. The average molecular weight is 498 g/mol. The Morgan fingerprint density at radius 2 is 1.89 bits per heavy atom. The van der Waals surface area contributed by atoms with Gasteiger partial charge in [-0.1, -0.05) is 18.7 Å². The molecular formula is C27H27N7O3. The van der Waals surface area contributed by atoms with Gasteiger partial charge in [0.2, 0.25) is 5.91 Å². The van der Waals surface area contributed by atoms with Gasteiger partial charge < -0.3 is 25.0 Å². The van der Waals surface area contributed by atoms with Gasteiger partial charge in [-0.2, -0.15) is 0 Å². The summed E-state index contributed by atoms with van der Waals surface area (Å²) < 4.78 is 8.01. The molecule has 1 saturated heterocycles. The summed E-state index contributed by atoms with van der Waals surface area (Å²) in [5.74, 6) is 0.999. The van der Waals surface area contributed by atoms with Crippen molar-refractivity contribution < 1.29 is 14.6 Å². The van der Waals surface area contributed by atoms with Crippen LogP contribution in [0.25, 0.3) is 22.2 Å². The van der Waals surface area contributed by atoms with Crippen LogP contribution < -0.4 is 10.5 Å². The summed E-state index contributed by atoms with van der Waals surface area (Å²) in [6, 6.07) is 9.79. The van der Waals surface area contributed by atoms with E-state index in [0.29, 0.717) is 37.5 Å². The summed E-state index contributed by atoms with van der Waals surface area (Å²) in [6.45, 7) is 4.87. The number of aliphatic hydroxyl groups excluding tert-OH is 1. The van der Waals surface area contributed by atoms with Crippen molar-refractivity contribution in [2.45, 2.75) is 37.3 Å². The summed E-state index contributed by atoms with van der Waals surface area (Å²) in [4.78, 5) is 31.4. The summed E-state index contributed by atoms with van der Waals surface area (Å²) in [5.41, 5.74) is 10.2. The molecule has 10 nitrogen and oxygen atoms in total. The Morgan fingerprint density at radius 1 is 1.14 bits per heavy atom. The number of aromatic nitrogens is 5. The van der Waals surface area contributed by atoms with Crippen molar-refractivity contribution in [3.05, 3.63) is 67.4 Å². The SMILES string of the molecule is C=CC(=O)N1CCC(c2c(-c3ccc(Oc4ncccn4)cc3)c3c(N)ncnc3n2C2CC(O)C2)C1. The fraction of sp³-hybridized carbons (Fsp3) is 0.296. The third-order valence-corrected chi connectivity index (χ3v) is 7.26. The van der Waals surface area contributed by atoms with Gasteiger partial charge in [-0.05, 0) is 49.1 Å². The number of carbonyl (C=O) groups excluding carboxylic acids is 1. The van der Waals surface area contributed by atoms with Gasteiger partial charge in [0.1, 0.15) is 23.5 Å². The molecule has 2 fully saturated rings. The lowest BCUT2D eigenvalue weighted by Crippen LogP contribution is -2.32. The molecule has 6 rings (SSSR count). The monoisotopic (exact) mass is 497 g/mol. The number of nitrogen functional groups attached to an aromatic ring is 1. The van der Waals surface area contributed by atoms with Gasteiger partial charge in [-0.25, -0.2) is 19.9 Å². The molecule has 10 heteroatoms. The quantitative estimate of drug-likeness (QED) is 0.387. The normalized spacial score (nSPS) is 21.1. The number of aliphatic hydroxyl groups is 1. The molecule has 1 atom stereocenters. The number of benzene rings is 1. The molecule has 188 valence electrons. The predicted octanol–water partition coefficient (Wildman–Crippen LogP) is 3.46. The first-order valence-corrected chi connectivity index (χ1v) is 12.3. The Labute approximate surface area is 213 Å². The van der Waals surface area contributed by atoms with Gasteiger partial charge in [0, 0.05) is 48.7 Å². The van der Waals surface area contributed by atoms with E-state index in [9.17, 15) is 9.90 Å². The second-order valence-corrected chi connectivity index (χ2v) is 9.50. The van der Waals surface area contributed by atoms with E-state index in [1.807, 2.05) is 29.2 Å². The number of amides is 1. The van der Waals surface area contributed by atoms with Crippen LogP contribution in [-0.4, -0.2) is 59.6 Å². The van der Waals surface area contributed by atoms with Crippen molar-refractivity contribution in [2.24, 2.45) is 0 Å². The molecule has 1 unspecified atom stereocenters. The van der Waals surface area contributed by atoms with Crippen molar-refractivity contribution in [3.63, 3.8) is 0 Å². The van der Waals surface area contributed by atoms with Crippen LogP contribution in [0.5, 0.6) is 11.8 Å². The topological polar surface area (TPSA) is 132 Å². The van der Waals surface area contributed by atoms with Gasteiger partial charge in [0.05, 0.1) is 11.5 Å². The predicted molar refractivity (Wildman–Crippen MR) is 138 cm³/mol. The van der Waals surface area contributed by atoms with E-state index in [1.54, 1.807) is 18.5 Å². The Hall–Kier alpha value is -4.31. The maximum atomic E-state index is 12.4. The number of nitrogens with zero attached hydrogens (tertiary/aromatic N) is 6. The fourth-order valence-corrected chi connectivity index (χ4v) is 5.45. The zero-order valence-corrected chi connectivity index (χ0v) is 20.2. The first kappa shape index (κ1) is 23.1. The molecular weight excluding hydrogens is 470 g/mol. The molecule has 1 aromatic carbocycles. The third-order valence-electron chi connectivity index (χ3n) is 7.26. The van der Waals surface area contributed by atoms with E-state index >= 15 is 0 Å².